The van der Waals surface area contributed by atoms with Gasteiger partial charge in [-0.1, -0.05) is 36.4 Å². The molecule has 6 saturated heterocycles. The number of hydrogen-bond donors (Lipinski definition) is 6. The molecule has 0 atom stereocenters. The molecule has 0 amide bonds. The van der Waals surface area contributed by atoms with Crippen LogP contribution in [-0.2, 0) is 4.57 Å². The van der Waals surface area contributed by atoms with Gasteiger partial charge in [0.25, 0.3) is 0 Å². The lowest BCUT2D eigenvalue weighted by Gasteiger charge is -2.50. The third-order valence-corrected chi connectivity index (χ3v) is 20.9. The van der Waals surface area contributed by atoms with Gasteiger partial charge in [0.2, 0.25) is 0 Å². The molecule has 0 aliphatic carbocycles. The fourth-order valence-corrected chi connectivity index (χ4v) is 21.2. The van der Waals surface area contributed by atoms with Gasteiger partial charge >= 0.3 is 7.82 Å². The normalized spacial score (nSPS) is 27.6. The van der Waals surface area contributed by atoms with Gasteiger partial charge in [0.15, 0.2) is 0 Å². The van der Waals surface area contributed by atoms with Gasteiger partial charge in [-0.15, -0.1) is 0 Å². The Morgan fingerprint density at radius 3 is 0.602 bits per heavy atom. The van der Waals surface area contributed by atoms with Crippen LogP contribution in [0.4, 0.5) is 0 Å². The van der Waals surface area contributed by atoms with E-state index in [-0.39, 0.29) is 102 Å². The molecule has 83 heavy (non-hydrogen) atoms. The summed E-state index contributed by atoms with van der Waals surface area (Å²) >= 11 is 0. The van der Waals surface area contributed by atoms with Crippen molar-refractivity contribution in [2.75, 3.05) is 0 Å². The molecule has 6 aliphatic rings. The van der Waals surface area contributed by atoms with Crippen LogP contribution in [-0.4, -0.2) is 66.5 Å². The molecule has 0 saturated carbocycles. The molecule has 464 valence electrons. The summed E-state index contributed by atoms with van der Waals surface area (Å²) in [5.41, 5.74) is 5.61. The summed E-state index contributed by atoms with van der Waals surface area (Å²) < 4.78 is 40.7. The summed E-state index contributed by atoms with van der Waals surface area (Å²) in [5.74, 6) is 2.77. The standard InChI is InChI=1S/C72H117N6O4P/c1-61(2)34-46(35-62(3,4)73-61)52-28-25-31-55(58(52)49-40-67(13,14)76-68(15,16)41-49)80-83(79,81-56-32-26-29-53(47-36-63(5,6)74-64(7,8)37-47)59(56)50-42-69(17,18)77-70(19,20)43-50)82-57-33-27-30-54(48-38-65(9,10)75-66(11,12)39-48)60(57)51-44-71(21,22)78-72(23,24)45-51/h25-33,46-51,73-78H,34-45H2,1-24H3. The lowest BCUT2D eigenvalue weighted by atomic mass is 9.67. The van der Waals surface area contributed by atoms with Crippen LogP contribution in [0.5, 0.6) is 17.2 Å². The smallest absolute Gasteiger partial charge is 0.386 e. The van der Waals surface area contributed by atoms with Crippen molar-refractivity contribution in [1.29, 1.82) is 0 Å². The minimum Gasteiger partial charge on any atom is -0.386 e. The maximum atomic E-state index is 17.7. The van der Waals surface area contributed by atoms with Gasteiger partial charge in [-0.2, -0.15) is 4.57 Å². The topological polar surface area (TPSA) is 117 Å². The van der Waals surface area contributed by atoms with Crippen molar-refractivity contribution < 1.29 is 18.1 Å². The average Bonchev–Trinajstić information content (AvgIpc) is 1.60. The van der Waals surface area contributed by atoms with Crippen molar-refractivity contribution in [2.45, 2.75) is 345 Å². The Morgan fingerprint density at radius 2 is 0.434 bits per heavy atom. The second-order valence-electron chi connectivity index (χ2n) is 36.0. The van der Waals surface area contributed by atoms with Crippen molar-refractivity contribution in [2.24, 2.45) is 0 Å². The first-order valence-corrected chi connectivity index (χ1v) is 33.9. The van der Waals surface area contributed by atoms with Crippen LogP contribution in [0.2, 0.25) is 0 Å². The molecule has 6 N–H and O–H groups in total. The Hall–Kier alpha value is -2.95. The monoisotopic (exact) mass is 1160 g/mol. The van der Waals surface area contributed by atoms with Gasteiger partial charge in [-0.3, -0.25) is 0 Å². The Labute approximate surface area is 505 Å². The van der Waals surface area contributed by atoms with Crippen molar-refractivity contribution in [3.63, 3.8) is 0 Å². The summed E-state index contributed by atoms with van der Waals surface area (Å²) in [6.45, 7) is 56.2. The molecule has 9 rings (SSSR count). The van der Waals surface area contributed by atoms with E-state index in [1.807, 2.05) is 0 Å². The summed E-state index contributed by atoms with van der Waals surface area (Å²) in [5, 5.41) is 23.9. The zero-order chi connectivity index (χ0) is 61.4. The van der Waals surface area contributed by atoms with Gasteiger partial charge in [-0.05, 0) is 314 Å². The van der Waals surface area contributed by atoms with E-state index < -0.39 is 7.82 Å². The molecule has 0 unspecified atom stereocenters. The minimum absolute atomic E-state index is 0.0939. The van der Waals surface area contributed by atoms with Crippen LogP contribution < -0.4 is 45.5 Å². The fourth-order valence-electron chi connectivity index (χ4n) is 19.9. The highest BCUT2D eigenvalue weighted by atomic mass is 31.2. The summed E-state index contributed by atoms with van der Waals surface area (Å²) in [6.07, 6.45) is 11.1. The molecule has 10 nitrogen and oxygen atoms in total. The molecule has 0 spiro atoms. The maximum absolute atomic E-state index is 17.7. The van der Waals surface area contributed by atoms with E-state index >= 15 is 4.57 Å². The SMILES string of the molecule is CC1(C)CC(c2cccc(OP(=O)(Oc3cccc(C4CC(C)(C)NC(C)(C)C4)c3C3CC(C)(C)NC(C)(C)C3)Oc3cccc(C4CC(C)(C)NC(C)(C)C4)c3C3CC(C)(C)NC(C)(C)C3)c2C2CC(C)(C)NC(C)(C)C2)CC(C)(C)N1. The summed E-state index contributed by atoms with van der Waals surface area (Å²) in [7, 11) is -4.73. The van der Waals surface area contributed by atoms with Crippen LogP contribution in [0, 0.1) is 0 Å². The van der Waals surface area contributed by atoms with Crippen LogP contribution in [0.3, 0.4) is 0 Å². The molecule has 11 heteroatoms. The first-order valence-electron chi connectivity index (χ1n) is 32.4. The molecule has 0 radical (unpaired) electrons. The van der Waals surface area contributed by atoms with Crippen molar-refractivity contribution in [1.82, 2.24) is 31.9 Å². The number of phosphoric ester groups is 1. The predicted molar refractivity (Wildman–Crippen MR) is 348 cm³/mol. The molecule has 3 aromatic rings. The van der Waals surface area contributed by atoms with E-state index in [0.29, 0.717) is 17.2 Å². The van der Waals surface area contributed by atoms with Gasteiger partial charge in [0.1, 0.15) is 17.2 Å². The summed E-state index contributed by atoms with van der Waals surface area (Å²) in [4.78, 5) is 0. The highest BCUT2D eigenvalue weighted by Gasteiger charge is 2.50. The second kappa shape index (κ2) is 21.4. The van der Waals surface area contributed by atoms with E-state index in [1.165, 1.54) is 16.7 Å². The molecular weight excluding hydrogens is 1040 g/mol. The summed E-state index contributed by atoms with van der Waals surface area (Å²) in [6, 6.07) is 19.8. The lowest BCUT2D eigenvalue weighted by Crippen LogP contribution is -2.58. The van der Waals surface area contributed by atoms with Crippen molar-refractivity contribution in [3.8, 4) is 17.2 Å². The Kier molecular flexibility index (Phi) is 16.6. The second-order valence-corrected chi connectivity index (χ2v) is 37.4. The molecule has 6 heterocycles. The lowest BCUT2D eigenvalue weighted by molar-refractivity contribution is 0.150. The van der Waals surface area contributed by atoms with Gasteiger partial charge < -0.3 is 45.5 Å². The average molecular weight is 1160 g/mol. The predicted octanol–water partition coefficient (Wildman–Crippen LogP) is 17.5. The largest absolute Gasteiger partial charge is 0.647 e. The number of benzene rings is 3. The van der Waals surface area contributed by atoms with E-state index in [1.54, 1.807) is 0 Å². The number of rotatable bonds is 12. The molecule has 0 aromatic heterocycles. The molecule has 6 fully saturated rings. The number of hydrogen-bond acceptors (Lipinski definition) is 10. The van der Waals surface area contributed by atoms with E-state index in [4.69, 9.17) is 13.6 Å². The van der Waals surface area contributed by atoms with E-state index in [2.05, 4.69) is 253 Å². The van der Waals surface area contributed by atoms with Crippen LogP contribution >= 0.6 is 7.82 Å². The van der Waals surface area contributed by atoms with Gasteiger partial charge in [-0.25, -0.2) is 0 Å². The van der Waals surface area contributed by atoms with Crippen LogP contribution in [0.1, 0.15) is 312 Å². The first-order chi connectivity index (χ1) is 37.6. The van der Waals surface area contributed by atoms with Gasteiger partial charge in [0, 0.05) is 83.2 Å². The third-order valence-electron chi connectivity index (χ3n) is 19.6. The first kappa shape index (κ1) is 64.5. The van der Waals surface area contributed by atoms with Crippen molar-refractivity contribution >= 4 is 7.82 Å². The quantitative estimate of drug-likeness (QED) is 0.0980. The number of phosphoric acid groups is 1. The number of piperidine rings is 6. The zero-order valence-corrected chi connectivity index (χ0v) is 57.6. The molecule has 3 aromatic carbocycles. The Balaban J connectivity index is 1.30. The highest BCUT2D eigenvalue weighted by molar-refractivity contribution is 7.49. The van der Waals surface area contributed by atoms with Gasteiger partial charge in [0.05, 0.1) is 0 Å². The highest BCUT2D eigenvalue weighted by Crippen LogP contribution is 2.60. The van der Waals surface area contributed by atoms with E-state index in [0.717, 1.165) is 93.7 Å². The third kappa shape index (κ3) is 15.5. The minimum atomic E-state index is -4.73. The van der Waals surface area contributed by atoms with Crippen LogP contribution in [0.15, 0.2) is 54.6 Å². The zero-order valence-electron chi connectivity index (χ0n) is 56.7. The Bertz CT molecular complexity index is 2520. The number of nitrogens with one attached hydrogen (secondary N) is 6. The maximum Gasteiger partial charge on any atom is 0.647 e. The van der Waals surface area contributed by atoms with Crippen LogP contribution in [0.25, 0.3) is 0 Å². The Morgan fingerprint density at radius 1 is 0.277 bits per heavy atom. The van der Waals surface area contributed by atoms with E-state index in [9.17, 15) is 0 Å². The fraction of sp³-hybridized carbons (Fsp3) is 0.750. The molecule has 0 bridgehead atoms. The van der Waals surface area contributed by atoms with Crippen molar-refractivity contribution in [3.05, 3.63) is 88.0 Å². The molecule has 6 aliphatic heterocycles. The molecular formula is C72H117N6O4P.